The second kappa shape index (κ2) is 5.31. The highest BCUT2D eigenvalue weighted by Crippen LogP contribution is 2.59. The summed E-state index contributed by atoms with van der Waals surface area (Å²) >= 11 is 0. The van der Waals surface area contributed by atoms with Crippen LogP contribution in [0.4, 0.5) is 4.79 Å². The Morgan fingerprint density at radius 2 is 1.68 bits per heavy atom. The zero-order chi connectivity index (χ0) is 13.3. The molecule has 0 atom stereocenters. The van der Waals surface area contributed by atoms with Gasteiger partial charge in [0, 0.05) is 20.2 Å². The number of carbonyl (C=O) groups excluding carboxylic acids is 1. The molecule has 2 amide bonds. The Kier molecular flexibility index (Phi) is 3.70. The van der Waals surface area contributed by atoms with Crippen LogP contribution in [0.15, 0.2) is 0 Å². The molecule has 4 nitrogen and oxygen atoms in total. The van der Waals surface area contributed by atoms with Crippen molar-refractivity contribution in [1.29, 1.82) is 0 Å². The molecule has 0 unspecified atom stereocenters. The van der Waals surface area contributed by atoms with E-state index in [0.29, 0.717) is 18.6 Å². The average Bonchev–Trinajstić information content (AvgIpc) is 2.35. The Morgan fingerprint density at radius 1 is 1.11 bits per heavy atom. The van der Waals surface area contributed by atoms with Crippen molar-refractivity contribution in [3.8, 4) is 0 Å². The van der Waals surface area contributed by atoms with Crippen LogP contribution in [0.1, 0.15) is 38.5 Å². The van der Waals surface area contributed by atoms with Gasteiger partial charge in [-0.05, 0) is 61.7 Å². The van der Waals surface area contributed by atoms with Crippen molar-refractivity contribution < 1.29 is 9.53 Å². The molecule has 0 saturated heterocycles. The summed E-state index contributed by atoms with van der Waals surface area (Å²) in [5.74, 6) is 2.85. The van der Waals surface area contributed by atoms with Crippen LogP contribution in [-0.2, 0) is 4.74 Å². The van der Waals surface area contributed by atoms with Crippen molar-refractivity contribution in [1.82, 2.24) is 10.6 Å². The van der Waals surface area contributed by atoms with Gasteiger partial charge in [0.25, 0.3) is 0 Å². The van der Waals surface area contributed by atoms with Gasteiger partial charge in [0.1, 0.15) is 0 Å². The second-order valence-electron chi connectivity index (χ2n) is 7.02. The molecule has 4 rings (SSSR count). The highest BCUT2D eigenvalue weighted by Gasteiger charge is 2.50. The molecule has 4 aliphatic carbocycles. The first kappa shape index (κ1) is 13.2. The van der Waals surface area contributed by atoms with Crippen LogP contribution < -0.4 is 10.6 Å². The van der Waals surface area contributed by atoms with Gasteiger partial charge in [0.15, 0.2) is 0 Å². The van der Waals surface area contributed by atoms with Gasteiger partial charge in [0.05, 0.1) is 6.61 Å². The van der Waals surface area contributed by atoms with E-state index >= 15 is 0 Å². The van der Waals surface area contributed by atoms with Crippen LogP contribution in [0.5, 0.6) is 0 Å². The lowest BCUT2D eigenvalue weighted by molar-refractivity contribution is -0.0498. The minimum absolute atomic E-state index is 0.0344. The van der Waals surface area contributed by atoms with Crippen LogP contribution in [0.25, 0.3) is 0 Å². The Morgan fingerprint density at radius 3 is 2.21 bits per heavy atom. The summed E-state index contributed by atoms with van der Waals surface area (Å²) in [6.45, 7) is 2.03. The van der Waals surface area contributed by atoms with Crippen molar-refractivity contribution in [2.75, 3.05) is 26.8 Å². The number of hydrogen-bond acceptors (Lipinski definition) is 2. The van der Waals surface area contributed by atoms with E-state index in [0.717, 1.165) is 24.3 Å². The molecule has 4 saturated carbocycles. The van der Waals surface area contributed by atoms with Crippen LogP contribution in [-0.4, -0.2) is 32.8 Å². The molecule has 108 valence electrons. The SMILES string of the molecule is COCCNC(=O)NCC12CC3CC(CC(C3)C1)C2. The maximum atomic E-state index is 11.7. The summed E-state index contributed by atoms with van der Waals surface area (Å²) in [7, 11) is 1.65. The number of ether oxygens (including phenoxy) is 1. The third kappa shape index (κ3) is 2.88. The summed E-state index contributed by atoms with van der Waals surface area (Å²) in [5, 5.41) is 5.93. The van der Waals surface area contributed by atoms with E-state index in [1.165, 1.54) is 38.5 Å². The summed E-state index contributed by atoms with van der Waals surface area (Å²) < 4.78 is 4.93. The van der Waals surface area contributed by atoms with Crippen molar-refractivity contribution in [3.63, 3.8) is 0 Å². The van der Waals surface area contributed by atoms with E-state index in [9.17, 15) is 4.79 Å². The van der Waals surface area contributed by atoms with Gasteiger partial charge in [0.2, 0.25) is 0 Å². The van der Waals surface area contributed by atoms with Crippen LogP contribution >= 0.6 is 0 Å². The fourth-order valence-electron chi connectivity index (χ4n) is 5.10. The molecular weight excluding hydrogens is 240 g/mol. The van der Waals surface area contributed by atoms with E-state index in [2.05, 4.69) is 10.6 Å². The number of methoxy groups -OCH3 is 1. The van der Waals surface area contributed by atoms with E-state index in [4.69, 9.17) is 4.74 Å². The lowest BCUT2D eigenvalue weighted by Crippen LogP contribution is -2.52. The van der Waals surface area contributed by atoms with Crippen molar-refractivity contribution >= 4 is 6.03 Å². The molecule has 0 aromatic rings. The standard InChI is InChI=1S/C15H26N2O2/c1-19-3-2-16-14(18)17-10-15-7-11-4-12(8-15)6-13(5-11)9-15/h11-13H,2-10H2,1H3,(H2,16,17,18). The topological polar surface area (TPSA) is 50.4 Å². The Balaban J connectivity index is 1.48. The highest BCUT2D eigenvalue weighted by molar-refractivity contribution is 5.73. The van der Waals surface area contributed by atoms with E-state index in [-0.39, 0.29) is 6.03 Å². The summed E-state index contributed by atoms with van der Waals surface area (Å²) in [6.07, 6.45) is 8.41. The predicted molar refractivity (Wildman–Crippen MR) is 73.9 cm³/mol. The maximum Gasteiger partial charge on any atom is 0.314 e. The van der Waals surface area contributed by atoms with E-state index < -0.39 is 0 Å². The molecule has 0 heterocycles. The second-order valence-corrected chi connectivity index (χ2v) is 7.02. The molecule has 19 heavy (non-hydrogen) atoms. The molecule has 0 aromatic carbocycles. The lowest BCUT2D eigenvalue weighted by atomic mass is 9.49. The van der Waals surface area contributed by atoms with Gasteiger partial charge < -0.3 is 15.4 Å². The third-order valence-corrected chi connectivity index (χ3v) is 5.38. The maximum absolute atomic E-state index is 11.7. The summed E-state index contributed by atoms with van der Waals surface area (Å²) in [6, 6.07) is -0.0344. The highest BCUT2D eigenvalue weighted by atomic mass is 16.5. The molecule has 4 heteroatoms. The number of nitrogens with one attached hydrogen (secondary N) is 2. The van der Waals surface area contributed by atoms with Gasteiger partial charge >= 0.3 is 6.03 Å². The predicted octanol–water partition coefficient (Wildman–Crippen LogP) is 2.15. The first-order valence-electron chi connectivity index (χ1n) is 7.70. The van der Waals surface area contributed by atoms with Gasteiger partial charge in [-0.1, -0.05) is 0 Å². The number of carbonyl (C=O) groups is 1. The van der Waals surface area contributed by atoms with Crippen LogP contribution in [0, 0.1) is 23.2 Å². The third-order valence-electron chi connectivity index (χ3n) is 5.38. The van der Waals surface area contributed by atoms with Crippen molar-refractivity contribution in [3.05, 3.63) is 0 Å². The Bertz CT molecular complexity index is 308. The van der Waals surface area contributed by atoms with Crippen LogP contribution in [0.2, 0.25) is 0 Å². The number of amides is 2. The molecule has 4 fully saturated rings. The van der Waals surface area contributed by atoms with Gasteiger partial charge in [-0.3, -0.25) is 0 Å². The molecule has 0 spiro atoms. The largest absolute Gasteiger partial charge is 0.383 e. The van der Waals surface area contributed by atoms with E-state index in [1.54, 1.807) is 7.11 Å². The number of urea groups is 1. The lowest BCUT2D eigenvalue weighted by Gasteiger charge is -2.56. The molecule has 4 bridgehead atoms. The van der Waals surface area contributed by atoms with Gasteiger partial charge in [-0.2, -0.15) is 0 Å². The zero-order valence-corrected chi connectivity index (χ0v) is 11.9. The average molecular weight is 266 g/mol. The van der Waals surface area contributed by atoms with E-state index in [1.807, 2.05) is 0 Å². The summed E-state index contributed by atoms with van der Waals surface area (Å²) in [5.41, 5.74) is 0.424. The fourth-order valence-corrected chi connectivity index (χ4v) is 5.10. The fraction of sp³-hybridized carbons (Fsp3) is 0.933. The van der Waals surface area contributed by atoms with Gasteiger partial charge in [-0.15, -0.1) is 0 Å². The minimum atomic E-state index is -0.0344. The minimum Gasteiger partial charge on any atom is -0.383 e. The molecule has 0 radical (unpaired) electrons. The number of rotatable bonds is 5. The Hall–Kier alpha value is -0.770. The quantitative estimate of drug-likeness (QED) is 0.749. The zero-order valence-electron chi connectivity index (χ0n) is 11.9. The molecule has 2 N–H and O–H groups in total. The first-order chi connectivity index (χ1) is 9.19. The van der Waals surface area contributed by atoms with Crippen molar-refractivity contribution in [2.24, 2.45) is 23.2 Å². The summed E-state index contributed by atoms with van der Waals surface area (Å²) in [4.78, 5) is 11.7. The normalized spacial score (nSPS) is 39.3. The van der Waals surface area contributed by atoms with Crippen LogP contribution in [0.3, 0.4) is 0 Å². The molecule has 0 aliphatic heterocycles. The molecular formula is C15H26N2O2. The van der Waals surface area contributed by atoms with Gasteiger partial charge in [-0.25, -0.2) is 4.79 Å². The molecule has 0 aromatic heterocycles. The monoisotopic (exact) mass is 266 g/mol. The van der Waals surface area contributed by atoms with Crippen molar-refractivity contribution in [2.45, 2.75) is 38.5 Å². The molecule has 4 aliphatic rings. The smallest absolute Gasteiger partial charge is 0.314 e. The Labute approximate surface area is 115 Å². The number of hydrogen-bond donors (Lipinski definition) is 2. The first-order valence-corrected chi connectivity index (χ1v) is 7.70.